The molecule has 1 rings (SSSR count). The number of rotatable bonds is 4. The van der Waals surface area contributed by atoms with Gasteiger partial charge in [0.15, 0.2) is 5.03 Å². The molecule has 0 aromatic carbocycles. The van der Waals surface area contributed by atoms with Gasteiger partial charge in [-0.05, 0) is 16.9 Å². The van der Waals surface area contributed by atoms with Crippen molar-refractivity contribution in [3.8, 4) is 0 Å². The molecule has 0 aliphatic heterocycles. The maximum Gasteiger partial charge on any atom is 0.302 e. The molecule has 0 saturated heterocycles. The molecule has 0 atom stereocenters. The van der Waals surface area contributed by atoms with Gasteiger partial charge in [-0.15, -0.1) is 0 Å². The molecule has 0 N–H and O–H groups in total. The standard InChI is InChI=1S/C8H10N2O2S2/c1-6(2)13-14-8-7(10(11)12)4-3-5-9-8/h3-6H,1-2H3. The van der Waals surface area contributed by atoms with Gasteiger partial charge < -0.3 is 0 Å². The number of hydrogen-bond acceptors (Lipinski definition) is 5. The quantitative estimate of drug-likeness (QED) is 0.452. The third-order valence-corrected chi connectivity index (χ3v) is 4.14. The van der Waals surface area contributed by atoms with Gasteiger partial charge in [0.05, 0.1) is 4.92 Å². The smallest absolute Gasteiger partial charge is 0.258 e. The first-order valence-corrected chi connectivity index (χ1v) is 6.25. The molecule has 0 bridgehead atoms. The molecular weight excluding hydrogens is 220 g/mol. The van der Waals surface area contributed by atoms with Crippen molar-refractivity contribution in [1.82, 2.24) is 4.98 Å². The number of nitro groups is 1. The second kappa shape index (κ2) is 5.21. The maximum absolute atomic E-state index is 10.6. The van der Waals surface area contributed by atoms with E-state index in [1.54, 1.807) is 23.1 Å². The number of aromatic nitrogens is 1. The van der Waals surface area contributed by atoms with E-state index in [0.29, 0.717) is 10.3 Å². The van der Waals surface area contributed by atoms with E-state index in [1.807, 2.05) is 13.8 Å². The van der Waals surface area contributed by atoms with Crippen molar-refractivity contribution in [1.29, 1.82) is 0 Å². The minimum atomic E-state index is -0.407. The summed E-state index contributed by atoms with van der Waals surface area (Å²) in [5, 5.41) is 11.5. The van der Waals surface area contributed by atoms with Gasteiger partial charge in [0, 0.05) is 17.5 Å². The Morgan fingerprint density at radius 2 is 2.29 bits per heavy atom. The number of pyridine rings is 1. The number of nitrogens with zero attached hydrogens (tertiary/aromatic N) is 2. The average molecular weight is 230 g/mol. The minimum Gasteiger partial charge on any atom is -0.258 e. The lowest BCUT2D eigenvalue weighted by Crippen LogP contribution is -1.92. The lowest BCUT2D eigenvalue weighted by Gasteiger charge is -2.02. The van der Waals surface area contributed by atoms with Gasteiger partial charge in [0.25, 0.3) is 0 Å². The maximum atomic E-state index is 10.6. The molecule has 0 amide bonds. The van der Waals surface area contributed by atoms with E-state index in [1.165, 1.54) is 16.9 Å². The molecule has 4 nitrogen and oxygen atoms in total. The highest BCUT2D eigenvalue weighted by atomic mass is 33.1. The predicted molar refractivity (Wildman–Crippen MR) is 59.5 cm³/mol. The van der Waals surface area contributed by atoms with Gasteiger partial charge in [-0.1, -0.05) is 24.6 Å². The topological polar surface area (TPSA) is 56.0 Å². The van der Waals surface area contributed by atoms with E-state index in [0.717, 1.165) is 0 Å². The van der Waals surface area contributed by atoms with Crippen LogP contribution in [0.2, 0.25) is 0 Å². The summed E-state index contributed by atoms with van der Waals surface area (Å²) in [7, 11) is 2.91. The van der Waals surface area contributed by atoms with Gasteiger partial charge in [0.2, 0.25) is 0 Å². The van der Waals surface area contributed by atoms with Crippen molar-refractivity contribution in [2.24, 2.45) is 0 Å². The van der Waals surface area contributed by atoms with Crippen molar-refractivity contribution in [3.63, 3.8) is 0 Å². The molecule has 1 heterocycles. The summed E-state index contributed by atoms with van der Waals surface area (Å²) in [5.74, 6) is 0. The summed E-state index contributed by atoms with van der Waals surface area (Å²) >= 11 is 0. The Bertz CT molecular complexity index is 331. The Kier molecular flexibility index (Phi) is 4.21. The Balaban J connectivity index is 2.79. The SMILES string of the molecule is CC(C)SSc1ncccc1[N+](=O)[O-]. The van der Waals surface area contributed by atoms with Gasteiger partial charge >= 0.3 is 5.69 Å². The highest BCUT2D eigenvalue weighted by molar-refractivity contribution is 8.76. The largest absolute Gasteiger partial charge is 0.302 e. The fourth-order valence-electron chi connectivity index (χ4n) is 0.727. The molecule has 6 heteroatoms. The minimum absolute atomic E-state index is 0.0747. The summed E-state index contributed by atoms with van der Waals surface area (Å²) in [6.07, 6.45) is 1.57. The summed E-state index contributed by atoms with van der Waals surface area (Å²) in [6.45, 7) is 4.07. The lowest BCUT2D eigenvalue weighted by atomic mass is 10.4. The van der Waals surface area contributed by atoms with E-state index in [4.69, 9.17) is 0 Å². The van der Waals surface area contributed by atoms with Crippen LogP contribution in [0.25, 0.3) is 0 Å². The van der Waals surface area contributed by atoms with Crippen LogP contribution in [0.4, 0.5) is 5.69 Å². The van der Waals surface area contributed by atoms with Crippen LogP contribution in [0.15, 0.2) is 23.4 Å². The highest BCUT2D eigenvalue weighted by Gasteiger charge is 2.14. The van der Waals surface area contributed by atoms with Gasteiger partial charge in [-0.2, -0.15) is 0 Å². The van der Waals surface area contributed by atoms with E-state index in [2.05, 4.69) is 4.98 Å². The van der Waals surface area contributed by atoms with Crippen LogP contribution in [-0.2, 0) is 0 Å². The lowest BCUT2D eigenvalue weighted by molar-refractivity contribution is -0.388. The zero-order chi connectivity index (χ0) is 10.6. The molecule has 0 saturated carbocycles. The normalized spacial score (nSPS) is 10.5. The van der Waals surface area contributed by atoms with Gasteiger partial charge in [0.1, 0.15) is 0 Å². The first-order chi connectivity index (χ1) is 6.61. The van der Waals surface area contributed by atoms with E-state index in [-0.39, 0.29) is 5.69 Å². The molecule has 0 fully saturated rings. The molecule has 0 radical (unpaired) electrons. The van der Waals surface area contributed by atoms with E-state index in [9.17, 15) is 10.1 Å². The molecular formula is C8H10N2O2S2. The second-order valence-corrected chi connectivity index (χ2v) is 5.58. The predicted octanol–water partition coefficient (Wildman–Crippen LogP) is 3.14. The van der Waals surface area contributed by atoms with E-state index >= 15 is 0 Å². The zero-order valence-electron chi connectivity index (χ0n) is 7.84. The number of hydrogen-bond donors (Lipinski definition) is 0. The van der Waals surface area contributed by atoms with Crippen LogP contribution in [0, 0.1) is 10.1 Å². The van der Waals surface area contributed by atoms with Crippen LogP contribution >= 0.6 is 21.6 Å². The Labute approximate surface area is 90.0 Å². The zero-order valence-corrected chi connectivity index (χ0v) is 9.47. The van der Waals surface area contributed by atoms with Crippen LogP contribution in [0.5, 0.6) is 0 Å². The molecule has 14 heavy (non-hydrogen) atoms. The van der Waals surface area contributed by atoms with Crippen molar-refractivity contribution >= 4 is 27.3 Å². The van der Waals surface area contributed by atoms with Crippen LogP contribution in [0.1, 0.15) is 13.8 Å². The van der Waals surface area contributed by atoms with Crippen molar-refractivity contribution in [3.05, 3.63) is 28.4 Å². The average Bonchev–Trinajstić information content (AvgIpc) is 2.15. The monoisotopic (exact) mass is 230 g/mol. The third kappa shape index (κ3) is 3.19. The molecule has 0 aliphatic rings. The fourth-order valence-corrected chi connectivity index (χ4v) is 2.58. The second-order valence-electron chi connectivity index (χ2n) is 2.81. The molecule has 0 unspecified atom stereocenters. The third-order valence-electron chi connectivity index (χ3n) is 1.27. The van der Waals surface area contributed by atoms with Crippen LogP contribution in [-0.4, -0.2) is 15.2 Å². The summed E-state index contributed by atoms with van der Waals surface area (Å²) in [4.78, 5) is 14.2. The first-order valence-electron chi connectivity index (χ1n) is 4.04. The summed E-state index contributed by atoms with van der Waals surface area (Å²) < 4.78 is 0. The molecule has 0 spiro atoms. The summed E-state index contributed by atoms with van der Waals surface area (Å²) in [5.41, 5.74) is 0.0747. The van der Waals surface area contributed by atoms with Crippen molar-refractivity contribution in [2.45, 2.75) is 24.1 Å². The molecule has 1 aromatic heterocycles. The Morgan fingerprint density at radius 3 is 2.86 bits per heavy atom. The van der Waals surface area contributed by atoms with Crippen molar-refractivity contribution in [2.75, 3.05) is 0 Å². The van der Waals surface area contributed by atoms with Crippen molar-refractivity contribution < 1.29 is 4.92 Å². The fraction of sp³-hybridized carbons (Fsp3) is 0.375. The van der Waals surface area contributed by atoms with E-state index < -0.39 is 4.92 Å². The Hall–Kier alpha value is -0.750. The molecule has 1 aromatic rings. The Morgan fingerprint density at radius 1 is 1.57 bits per heavy atom. The van der Waals surface area contributed by atoms with Gasteiger partial charge in [-0.25, -0.2) is 4.98 Å². The highest BCUT2D eigenvalue weighted by Crippen LogP contribution is 2.37. The first kappa shape index (κ1) is 11.3. The van der Waals surface area contributed by atoms with Crippen LogP contribution in [0.3, 0.4) is 0 Å². The molecule has 76 valence electrons. The molecule has 0 aliphatic carbocycles. The van der Waals surface area contributed by atoms with Gasteiger partial charge in [-0.3, -0.25) is 10.1 Å². The summed E-state index contributed by atoms with van der Waals surface area (Å²) in [6, 6.07) is 3.04. The van der Waals surface area contributed by atoms with Crippen LogP contribution < -0.4 is 0 Å².